The molecule has 0 unspecified atom stereocenters. The van der Waals surface area contributed by atoms with Gasteiger partial charge in [0.25, 0.3) is 0 Å². The second-order valence-corrected chi connectivity index (χ2v) is 6.14. The van der Waals surface area contributed by atoms with Crippen molar-refractivity contribution in [2.24, 2.45) is 7.05 Å². The van der Waals surface area contributed by atoms with Crippen LogP contribution < -0.4 is 0 Å². The molecule has 0 fully saturated rings. The van der Waals surface area contributed by atoms with E-state index in [4.69, 9.17) is 16.6 Å². The number of nitrogens with zero attached hydrogens (tertiary/aromatic N) is 3. The van der Waals surface area contributed by atoms with E-state index in [1.165, 1.54) is 0 Å². The predicted molar refractivity (Wildman–Crippen MR) is 87.8 cm³/mol. The number of pyridine rings is 2. The van der Waals surface area contributed by atoms with Crippen LogP contribution in [-0.4, -0.2) is 14.5 Å². The largest absolute Gasteiger partial charge is 0.349 e. The van der Waals surface area contributed by atoms with Crippen LogP contribution >= 0.6 is 11.6 Å². The lowest BCUT2D eigenvalue weighted by atomic mass is 10.1. The molecular weight excluding hydrogens is 282 g/mol. The number of rotatable bonds is 2. The van der Waals surface area contributed by atoms with Crippen LogP contribution in [0.5, 0.6) is 0 Å². The fourth-order valence-electron chi connectivity index (χ4n) is 2.55. The van der Waals surface area contributed by atoms with Crippen LogP contribution in [0.2, 0.25) is 5.02 Å². The molecule has 21 heavy (non-hydrogen) atoms. The lowest BCUT2D eigenvalue weighted by Gasteiger charge is -2.08. The Morgan fingerprint density at radius 2 is 2.00 bits per heavy atom. The fraction of sp³-hybridized carbons (Fsp3) is 0.294. The van der Waals surface area contributed by atoms with E-state index in [0.717, 1.165) is 33.5 Å². The smallest absolute Gasteiger partial charge is 0.0918 e. The van der Waals surface area contributed by atoms with Gasteiger partial charge in [0, 0.05) is 30.7 Å². The SMILES string of the molecule is Cc1cn(C)c2cc(Cl)c(-c3ccc(C(C)C)nc3)nc12. The molecule has 0 aromatic carbocycles. The molecule has 0 aliphatic heterocycles. The molecule has 3 heterocycles. The zero-order valence-electron chi connectivity index (χ0n) is 12.7. The van der Waals surface area contributed by atoms with E-state index in [9.17, 15) is 0 Å². The minimum atomic E-state index is 0.418. The second-order valence-electron chi connectivity index (χ2n) is 5.74. The summed E-state index contributed by atoms with van der Waals surface area (Å²) in [6.45, 7) is 6.33. The minimum absolute atomic E-state index is 0.418. The van der Waals surface area contributed by atoms with Crippen molar-refractivity contribution >= 4 is 22.6 Å². The third-order valence-corrected chi connectivity index (χ3v) is 4.04. The third kappa shape index (κ3) is 2.42. The molecule has 4 heteroatoms. The Kier molecular flexibility index (Phi) is 3.46. The Balaban J connectivity index is 2.15. The number of fused-ring (bicyclic) bond motifs is 1. The van der Waals surface area contributed by atoms with Gasteiger partial charge in [0.2, 0.25) is 0 Å². The van der Waals surface area contributed by atoms with Gasteiger partial charge < -0.3 is 4.57 Å². The van der Waals surface area contributed by atoms with Gasteiger partial charge >= 0.3 is 0 Å². The van der Waals surface area contributed by atoms with E-state index in [2.05, 4.69) is 32.0 Å². The average Bonchev–Trinajstić information content (AvgIpc) is 2.73. The lowest BCUT2D eigenvalue weighted by Crippen LogP contribution is -1.94. The van der Waals surface area contributed by atoms with Crippen molar-refractivity contribution in [3.05, 3.63) is 46.9 Å². The maximum Gasteiger partial charge on any atom is 0.0918 e. The molecule has 0 amide bonds. The highest BCUT2D eigenvalue weighted by atomic mass is 35.5. The summed E-state index contributed by atoms with van der Waals surface area (Å²) in [4.78, 5) is 9.25. The third-order valence-electron chi connectivity index (χ3n) is 3.75. The van der Waals surface area contributed by atoms with E-state index in [-0.39, 0.29) is 0 Å². The standard InChI is InChI=1S/C17H18ClN3/c1-10(2)14-6-5-12(8-19-14)17-13(18)7-15-16(20-17)11(3)9-21(15)4/h5-10H,1-4H3. The highest BCUT2D eigenvalue weighted by molar-refractivity contribution is 6.33. The van der Waals surface area contributed by atoms with Crippen molar-refractivity contribution in [3.63, 3.8) is 0 Å². The first-order valence-electron chi connectivity index (χ1n) is 7.06. The van der Waals surface area contributed by atoms with E-state index in [1.54, 1.807) is 0 Å². The molecule has 3 aromatic rings. The number of hydrogen-bond acceptors (Lipinski definition) is 2. The summed E-state index contributed by atoms with van der Waals surface area (Å²) in [6, 6.07) is 6.06. The summed E-state index contributed by atoms with van der Waals surface area (Å²) in [5.41, 5.74) is 6.01. The summed E-state index contributed by atoms with van der Waals surface area (Å²) in [6.07, 6.45) is 3.92. The fourth-order valence-corrected chi connectivity index (χ4v) is 2.80. The Morgan fingerprint density at radius 1 is 1.24 bits per heavy atom. The quantitative estimate of drug-likeness (QED) is 0.685. The molecule has 3 nitrogen and oxygen atoms in total. The molecule has 0 aliphatic carbocycles. The number of aryl methyl sites for hydroxylation is 2. The van der Waals surface area contributed by atoms with Gasteiger partial charge in [0.05, 0.1) is 21.7 Å². The molecule has 0 atom stereocenters. The minimum Gasteiger partial charge on any atom is -0.349 e. The Hall–Kier alpha value is -1.87. The zero-order valence-corrected chi connectivity index (χ0v) is 13.4. The maximum atomic E-state index is 6.42. The Morgan fingerprint density at radius 3 is 2.62 bits per heavy atom. The Bertz CT molecular complexity index is 801. The molecule has 3 aromatic heterocycles. The van der Waals surface area contributed by atoms with E-state index < -0.39 is 0 Å². The van der Waals surface area contributed by atoms with Gasteiger partial charge in [-0.2, -0.15) is 0 Å². The van der Waals surface area contributed by atoms with E-state index in [1.807, 2.05) is 36.0 Å². The van der Waals surface area contributed by atoms with Crippen molar-refractivity contribution in [1.82, 2.24) is 14.5 Å². The highest BCUT2D eigenvalue weighted by Crippen LogP contribution is 2.31. The van der Waals surface area contributed by atoms with Crippen molar-refractivity contribution in [3.8, 4) is 11.3 Å². The molecule has 0 bridgehead atoms. The molecule has 0 saturated heterocycles. The number of hydrogen-bond donors (Lipinski definition) is 0. The summed E-state index contributed by atoms with van der Waals surface area (Å²) in [5, 5.41) is 0.655. The van der Waals surface area contributed by atoms with Gasteiger partial charge in [-0.15, -0.1) is 0 Å². The van der Waals surface area contributed by atoms with Gasteiger partial charge in [-0.3, -0.25) is 4.98 Å². The van der Waals surface area contributed by atoms with Crippen LogP contribution in [0, 0.1) is 6.92 Å². The lowest BCUT2D eigenvalue weighted by molar-refractivity contribution is 0.823. The van der Waals surface area contributed by atoms with Crippen LogP contribution in [0.1, 0.15) is 31.0 Å². The van der Waals surface area contributed by atoms with Crippen LogP contribution in [0.4, 0.5) is 0 Å². The highest BCUT2D eigenvalue weighted by Gasteiger charge is 2.12. The normalized spacial score (nSPS) is 11.5. The van der Waals surface area contributed by atoms with Crippen molar-refractivity contribution in [2.45, 2.75) is 26.7 Å². The van der Waals surface area contributed by atoms with Gasteiger partial charge in [-0.1, -0.05) is 25.4 Å². The Labute approximate surface area is 129 Å². The van der Waals surface area contributed by atoms with Crippen molar-refractivity contribution < 1.29 is 0 Å². The molecule has 108 valence electrons. The summed E-state index contributed by atoms with van der Waals surface area (Å²) >= 11 is 6.42. The second kappa shape index (κ2) is 5.15. The molecule has 0 radical (unpaired) electrons. The number of aromatic nitrogens is 3. The number of halogens is 1. The summed E-state index contributed by atoms with van der Waals surface area (Å²) in [7, 11) is 2.01. The van der Waals surface area contributed by atoms with E-state index in [0.29, 0.717) is 10.9 Å². The van der Waals surface area contributed by atoms with Gasteiger partial charge in [0.1, 0.15) is 0 Å². The van der Waals surface area contributed by atoms with Crippen molar-refractivity contribution in [2.75, 3.05) is 0 Å². The molecular formula is C17H18ClN3. The zero-order chi connectivity index (χ0) is 15.1. The van der Waals surface area contributed by atoms with Crippen LogP contribution in [0.25, 0.3) is 22.3 Å². The molecule has 0 saturated carbocycles. The molecule has 0 N–H and O–H groups in total. The van der Waals surface area contributed by atoms with Crippen LogP contribution in [0.15, 0.2) is 30.6 Å². The van der Waals surface area contributed by atoms with E-state index >= 15 is 0 Å². The monoisotopic (exact) mass is 299 g/mol. The van der Waals surface area contributed by atoms with Gasteiger partial charge in [-0.05, 0) is 36.6 Å². The first-order valence-corrected chi connectivity index (χ1v) is 7.43. The molecule has 0 spiro atoms. The van der Waals surface area contributed by atoms with Gasteiger partial charge in [0.15, 0.2) is 0 Å². The summed E-state index contributed by atoms with van der Waals surface area (Å²) < 4.78 is 2.05. The first-order chi connectivity index (χ1) is 9.97. The van der Waals surface area contributed by atoms with Crippen LogP contribution in [0.3, 0.4) is 0 Å². The average molecular weight is 300 g/mol. The maximum absolute atomic E-state index is 6.42. The molecule has 3 rings (SSSR count). The topological polar surface area (TPSA) is 30.7 Å². The molecule has 0 aliphatic rings. The van der Waals surface area contributed by atoms with Crippen LogP contribution in [-0.2, 0) is 7.05 Å². The predicted octanol–water partition coefficient (Wildman–Crippen LogP) is 4.72. The van der Waals surface area contributed by atoms with Crippen molar-refractivity contribution in [1.29, 1.82) is 0 Å². The summed E-state index contributed by atoms with van der Waals surface area (Å²) in [5.74, 6) is 0.418. The van der Waals surface area contributed by atoms with Gasteiger partial charge in [-0.25, -0.2) is 4.98 Å². The first kappa shape index (κ1) is 14.1.